The molecular formula is C14H19BrN2O2. The van der Waals surface area contributed by atoms with Crippen LogP contribution in [0.3, 0.4) is 0 Å². The van der Waals surface area contributed by atoms with Gasteiger partial charge < -0.3 is 10.0 Å². The molecule has 1 unspecified atom stereocenters. The van der Waals surface area contributed by atoms with E-state index in [9.17, 15) is 4.79 Å². The molecule has 104 valence electrons. The Bertz CT molecular complexity index is 445. The molecule has 4 nitrogen and oxygen atoms in total. The van der Waals surface area contributed by atoms with Gasteiger partial charge in [-0.25, -0.2) is 0 Å². The van der Waals surface area contributed by atoms with Gasteiger partial charge in [-0.1, -0.05) is 34.1 Å². The van der Waals surface area contributed by atoms with Crippen LogP contribution in [0, 0.1) is 0 Å². The van der Waals surface area contributed by atoms with Crippen LogP contribution >= 0.6 is 15.9 Å². The van der Waals surface area contributed by atoms with Crippen molar-refractivity contribution in [1.29, 1.82) is 0 Å². The molecule has 0 radical (unpaired) electrons. The lowest BCUT2D eigenvalue weighted by molar-refractivity contribution is -0.138. The minimum absolute atomic E-state index is 0.0539. The molecule has 1 aliphatic rings. The topological polar surface area (TPSA) is 43.8 Å². The number of carboxylic acids is 1. The van der Waals surface area contributed by atoms with Crippen molar-refractivity contribution >= 4 is 21.9 Å². The second kappa shape index (κ2) is 6.50. The van der Waals surface area contributed by atoms with Crippen LogP contribution in [0.2, 0.25) is 0 Å². The van der Waals surface area contributed by atoms with Crippen LogP contribution < -0.4 is 0 Å². The molecule has 0 aliphatic carbocycles. The number of carboxylic acid groups (broad SMARTS) is 1. The van der Waals surface area contributed by atoms with Crippen molar-refractivity contribution in [3.63, 3.8) is 0 Å². The second-order valence-corrected chi connectivity index (χ2v) is 5.83. The van der Waals surface area contributed by atoms with E-state index >= 15 is 0 Å². The molecule has 1 aliphatic heterocycles. The first-order valence-electron chi connectivity index (χ1n) is 6.46. The minimum atomic E-state index is -0.750. The molecule has 0 amide bonds. The Kier molecular flexibility index (Phi) is 4.96. The number of benzene rings is 1. The Hall–Kier alpha value is -0.910. The van der Waals surface area contributed by atoms with Crippen LogP contribution in [0.15, 0.2) is 28.7 Å². The Morgan fingerprint density at radius 1 is 1.32 bits per heavy atom. The van der Waals surface area contributed by atoms with E-state index in [1.807, 2.05) is 24.3 Å². The molecule has 1 aromatic carbocycles. The second-order valence-electron chi connectivity index (χ2n) is 4.97. The van der Waals surface area contributed by atoms with Crippen molar-refractivity contribution < 1.29 is 9.90 Å². The zero-order valence-electron chi connectivity index (χ0n) is 11.1. The van der Waals surface area contributed by atoms with Crippen molar-refractivity contribution in [2.45, 2.75) is 12.5 Å². The number of halogens is 1. The van der Waals surface area contributed by atoms with Crippen LogP contribution in [0.5, 0.6) is 0 Å². The first-order valence-corrected chi connectivity index (χ1v) is 7.26. The smallest absolute Gasteiger partial charge is 0.305 e. The SMILES string of the molecule is CN1CCN(C(CC(=O)O)c2ccccc2Br)CC1. The normalized spacial score (nSPS) is 19.3. The van der Waals surface area contributed by atoms with Gasteiger partial charge in [-0.3, -0.25) is 9.69 Å². The van der Waals surface area contributed by atoms with E-state index in [4.69, 9.17) is 5.11 Å². The summed E-state index contributed by atoms with van der Waals surface area (Å²) in [6.45, 7) is 3.80. The molecule has 1 N–H and O–H groups in total. The maximum atomic E-state index is 11.1. The van der Waals surface area contributed by atoms with Gasteiger partial charge in [0, 0.05) is 36.7 Å². The molecule has 1 atom stereocenters. The summed E-state index contributed by atoms with van der Waals surface area (Å²) in [7, 11) is 2.10. The minimum Gasteiger partial charge on any atom is -0.481 e. The summed E-state index contributed by atoms with van der Waals surface area (Å²) in [6.07, 6.45) is 0.145. The highest BCUT2D eigenvalue weighted by Crippen LogP contribution is 2.31. The van der Waals surface area contributed by atoms with Gasteiger partial charge in [-0.05, 0) is 18.7 Å². The van der Waals surface area contributed by atoms with Gasteiger partial charge >= 0.3 is 5.97 Å². The number of piperazine rings is 1. The van der Waals surface area contributed by atoms with Gasteiger partial charge in [-0.15, -0.1) is 0 Å². The van der Waals surface area contributed by atoms with E-state index in [1.165, 1.54) is 0 Å². The van der Waals surface area contributed by atoms with Crippen LogP contribution in [0.4, 0.5) is 0 Å². The van der Waals surface area contributed by atoms with Gasteiger partial charge in [0.05, 0.1) is 6.42 Å². The summed E-state index contributed by atoms with van der Waals surface area (Å²) in [5.74, 6) is -0.750. The summed E-state index contributed by atoms with van der Waals surface area (Å²) in [6, 6.07) is 7.85. The number of hydrogen-bond acceptors (Lipinski definition) is 3. The van der Waals surface area contributed by atoms with Crippen molar-refractivity contribution in [1.82, 2.24) is 9.80 Å². The van der Waals surface area contributed by atoms with Crippen molar-refractivity contribution in [3.8, 4) is 0 Å². The molecule has 0 saturated carbocycles. The maximum absolute atomic E-state index is 11.1. The quantitative estimate of drug-likeness (QED) is 0.921. The Labute approximate surface area is 122 Å². The number of aliphatic carboxylic acids is 1. The largest absolute Gasteiger partial charge is 0.481 e. The maximum Gasteiger partial charge on any atom is 0.305 e. The lowest BCUT2D eigenvalue weighted by atomic mass is 10.0. The fraction of sp³-hybridized carbons (Fsp3) is 0.500. The number of rotatable bonds is 4. The molecule has 1 aromatic rings. The highest BCUT2D eigenvalue weighted by Gasteiger charge is 2.27. The third-order valence-corrected chi connectivity index (χ3v) is 4.33. The van der Waals surface area contributed by atoms with Gasteiger partial charge in [0.1, 0.15) is 0 Å². The molecule has 1 fully saturated rings. The third kappa shape index (κ3) is 3.78. The molecule has 0 aromatic heterocycles. The number of nitrogens with zero attached hydrogens (tertiary/aromatic N) is 2. The number of likely N-dealkylation sites (N-methyl/N-ethyl adjacent to an activating group) is 1. The molecule has 1 heterocycles. The fourth-order valence-corrected chi connectivity index (χ4v) is 3.03. The van der Waals surface area contributed by atoms with Crippen molar-refractivity contribution in [3.05, 3.63) is 34.3 Å². The van der Waals surface area contributed by atoms with E-state index in [0.717, 1.165) is 36.2 Å². The summed E-state index contributed by atoms with van der Waals surface area (Å²) >= 11 is 3.54. The third-order valence-electron chi connectivity index (χ3n) is 3.61. The highest BCUT2D eigenvalue weighted by atomic mass is 79.9. The molecular weight excluding hydrogens is 308 g/mol. The van der Waals surface area contributed by atoms with Crippen LogP contribution in [0.25, 0.3) is 0 Å². The Balaban J connectivity index is 2.21. The molecule has 1 saturated heterocycles. The van der Waals surface area contributed by atoms with Gasteiger partial charge in [0.2, 0.25) is 0 Å². The predicted molar refractivity (Wildman–Crippen MR) is 78.2 cm³/mol. The molecule has 0 spiro atoms. The average molecular weight is 327 g/mol. The molecule has 19 heavy (non-hydrogen) atoms. The van der Waals surface area contributed by atoms with Crippen molar-refractivity contribution in [2.24, 2.45) is 0 Å². The molecule has 5 heteroatoms. The Morgan fingerprint density at radius 2 is 1.95 bits per heavy atom. The lowest BCUT2D eigenvalue weighted by Gasteiger charge is -2.38. The fourth-order valence-electron chi connectivity index (χ4n) is 2.48. The van der Waals surface area contributed by atoms with Crippen LogP contribution in [-0.2, 0) is 4.79 Å². The van der Waals surface area contributed by atoms with Gasteiger partial charge in [0.15, 0.2) is 0 Å². The van der Waals surface area contributed by atoms with Crippen LogP contribution in [0.1, 0.15) is 18.0 Å². The molecule has 2 rings (SSSR count). The van der Waals surface area contributed by atoms with E-state index in [2.05, 4.69) is 32.8 Å². The average Bonchev–Trinajstić information content (AvgIpc) is 2.38. The van der Waals surface area contributed by atoms with E-state index < -0.39 is 5.97 Å². The first-order chi connectivity index (χ1) is 9.08. The monoisotopic (exact) mass is 326 g/mol. The summed E-state index contributed by atoms with van der Waals surface area (Å²) in [4.78, 5) is 15.7. The van der Waals surface area contributed by atoms with E-state index in [1.54, 1.807) is 0 Å². The zero-order valence-corrected chi connectivity index (χ0v) is 12.6. The summed E-state index contributed by atoms with van der Waals surface area (Å²) in [5, 5.41) is 9.17. The summed E-state index contributed by atoms with van der Waals surface area (Å²) < 4.78 is 0.986. The standard InChI is InChI=1S/C14H19BrN2O2/c1-16-6-8-17(9-7-16)13(10-14(18)19)11-4-2-3-5-12(11)15/h2-5,13H,6-10H2,1H3,(H,18,19). The van der Waals surface area contributed by atoms with Gasteiger partial charge in [0.25, 0.3) is 0 Å². The first kappa shape index (κ1) is 14.5. The Morgan fingerprint density at radius 3 is 2.53 bits per heavy atom. The summed E-state index contributed by atoms with van der Waals surface area (Å²) in [5.41, 5.74) is 1.06. The van der Waals surface area contributed by atoms with Gasteiger partial charge in [-0.2, -0.15) is 0 Å². The van der Waals surface area contributed by atoms with E-state index in [0.29, 0.717) is 0 Å². The molecule has 0 bridgehead atoms. The highest BCUT2D eigenvalue weighted by molar-refractivity contribution is 9.10. The van der Waals surface area contributed by atoms with Crippen molar-refractivity contribution in [2.75, 3.05) is 33.2 Å². The number of hydrogen-bond donors (Lipinski definition) is 1. The lowest BCUT2D eigenvalue weighted by Crippen LogP contribution is -2.46. The zero-order chi connectivity index (χ0) is 13.8. The van der Waals surface area contributed by atoms with Crippen LogP contribution in [-0.4, -0.2) is 54.1 Å². The number of carbonyl (C=O) groups is 1. The predicted octanol–water partition coefficient (Wildman–Crippen LogP) is 2.21. The van der Waals surface area contributed by atoms with E-state index in [-0.39, 0.29) is 12.5 Å².